The molecule has 0 aliphatic heterocycles. The third kappa shape index (κ3) is 66.0. The smallest absolute Gasteiger partial charge is 0.326 e. The first-order chi connectivity index (χ1) is 42.2. The van der Waals surface area contributed by atoms with Crippen LogP contribution in [0, 0.1) is 0 Å². The van der Waals surface area contributed by atoms with Crippen molar-refractivity contribution in [3.63, 3.8) is 0 Å². The normalized spacial score (nSPS) is 11.6. The first-order valence-corrected chi connectivity index (χ1v) is 32.6. The average Bonchev–Trinajstić information content (AvgIpc) is 3.52. The van der Waals surface area contributed by atoms with Gasteiger partial charge in [0.1, 0.15) is 17.9 Å². The van der Waals surface area contributed by atoms with Crippen LogP contribution in [0.3, 0.4) is 0 Å². The molecule has 27 nitrogen and oxygen atoms in total. The Bertz CT molecular complexity index is 1750. The van der Waals surface area contributed by atoms with Crippen molar-refractivity contribution < 1.29 is 91.5 Å². The number of carboxylic acids is 2. The van der Waals surface area contributed by atoms with E-state index in [2.05, 4.69) is 49.4 Å². The summed E-state index contributed by atoms with van der Waals surface area (Å²) < 4.78 is 44.3. The molecule has 0 saturated heterocycles. The molecule has 0 saturated carbocycles. The van der Waals surface area contributed by atoms with Gasteiger partial charge in [-0.1, -0.05) is 83.4 Å². The number of carbonyl (C=O) groups is 9. The summed E-state index contributed by atoms with van der Waals surface area (Å²) in [7, 11) is 0. The summed E-state index contributed by atoms with van der Waals surface area (Å²) in [5.41, 5.74) is 1.72. The third-order valence-corrected chi connectivity index (χ3v) is 13.5. The van der Waals surface area contributed by atoms with Gasteiger partial charge in [-0.25, -0.2) is 4.79 Å². The molecular formula is C58H110N8O19S2. The molecule has 0 rings (SSSR count). The Balaban J connectivity index is 0. The third-order valence-electron chi connectivity index (χ3n) is 12.8. The van der Waals surface area contributed by atoms with Crippen LogP contribution >= 0.6 is 24.9 Å². The Morgan fingerprint density at radius 2 is 0.701 bits per heavy atom. The first-order valence-electron chi connectivity index (χ1n) is 31.2. The number of hydrogen-bond acceptors (Lipinski definition) is 21. The average molecular weight is 1290 g/mol. The van der Waals surface area contributed by atoms with Gasteiger partial charge < -0.3 is 80.3 Å². The Morgan fingerprint density at radius 1 is 0.379 bits per heavy atom. The van der Waals surface area contributed by atoms with E-state index in [1.165, 1.54) is 58.3 Å². The van der Waals surface area contributed by atoms with Crippen LogP contribution in [0.4, 0.5) is 0 Å². The lowest BCUT2D eigenvalue weighted by atomic mass is 10.0. The summed E-state index contributed by atoms with van der Waals surface area (Å²) in [5.74, 6) is -2.84. The number of carboxylic acid groups (broad SMARTS) is 2. The van der Waals surface area contributed by atoms with Crippen molar-refractivity contribution in [1.82, 2.24) is 42.1 Å². The molecule has 0 spiro atoms. The van der Waals surface area contributed by atoms with E-state index >= 15 is 0 Å². The van der Waals surface area contributed by atoms with E-state index < -0.39 is 24.0 Å². The maximum atomic E-state index is 12.4. The van der Waals surface area contributed by atoms with E-state index in [0.29, 0.717) is 163 Å². The molecule has 12 N–H and O–H groups in total. The minimum atomic E-state index is -1.16. The topological polar surface area (TPSA) is 386 Å². The lowest BCUT2D eigenvalue weighted by Crippen LogP contribution is -2.41. The number of thiol groups is 1. The molecule has 87 heavy (non-hydrogen) atoms. The highest BCUT2D eigenvalue weighted by Crippen LogP contribution is 2.14. The summed E-state index contributed by atoms with van der Waals surface area (Å²) in [6.07, 6.45) is 19.5. The molecule has 0 aromatic carbocycles. The number of aliphatic carboxylic acids is 2. The fourth-order valence-electron chi connectivity index (χ4n) is 7.84. The summed E-state index contributed by atoms with van der Waals surface area (Å²) >= 11 is 4.72. The van der Waals surface area contributed by atoms with Crippen LogP contribution in [-0.4, -0.2) is 210 Å². The second-order valence-corrected chi connectivity index (χ2v) is 21.5. The zero-order valence-corrected chi connectivity index (χ0v) is 53.7. The number of unbranched alkanes of at least 4 members (excludes halogenated alkanes) is 13. The molecule has 0 fully saturated rings. The van der Waals surface area contributed by atoms with Gasteiger partial charge in [0.25, 0.3) is 0 Å². The van der Waals surface area contributed by atoms with Gasteiger partial charge in [0.2, 0.25) is 35.4 Å². The maximum Gasteiger partial charge on any atom is 0.326 e. The highest BCUT2D eigenvalue weighted by Gasteiger charge is 2.21. The van der Waals surface area contributed by atoms with E-state index in [1.807, 2.05) is 0 Å². The van der Waals surface area contributed by atoms with Crippen LogP contribution in [0.15, 0.2) is 0 Å². The van der Waals surface area contributed by atoms with Crippen molar-refractivity contribution in [2.45, 2.75) is 192 Å². The van der Waals surface area contributed by atoms with Gasteiger partial charge in [-0.2, -0.15) is 5.48 Å². The predicted molar refractivity (Wildman–Crippen MR) is 333 cm³/mol. The van der Waals surface area contributed by atoms with Crippen LogP contribution in [-0.2, 0) is 71.6 Å². The van der Waals surface area contributed by atoms with Gasteiger partial charge in [0.15, 0.2) is 0 Å². The molecule has 0 aliphatic carbocycles. The minimum Gasteiger partial charge on any atom is -0.480 e. The zero-order valence-electron chi connectivity index (χ0n) is 51.9. The number of ketones is 1. The van der Waals surface area contributed by atoms with Crippen LogP contribution in [0.5, 0.6) is 0 Å². The van der Waals surface area contributed by atoms with Crippen molar-refractivity contribution in [2.75, 3.05) is 124 Å². The van der Waals surface area contributed by atoms with Crippen LogP contribution in [0.2, 0.25) is 0 Å². The quantitative estimate of drug-likeness (QED) is 0.0173. The lowest BCUT2D eigenvalue weighted by Gasteiger charge is -2.14. The van der Waals surface area contributed by atoms with Gasteiger partial charge in [-0.05, 0) is 83.2 Å². The lowest BCUT2D eigenvalue weighted by molar-refractivity contribution is -0.142. The van der Waals surface area contributed by atoms with Crippen molar-refractivity contribution >= 4 is 78.0 Å². The van der Waals surface area contributed by atoms with Crippen LogP contribution in [0.25, 0.3) is 0 Å². The Morgan fingerprint density at radius 3 is 1.01 bits per heavy atom. The van der Waals surface area contributed by atoms with Crippen LogP contribution in [0.1, 0.15) is 180 Å². The highest BCUT2D eigenvalue weighted by molar-refractivity contribution is 7.93. The number of nitrogens with one attached hydrogen (secondary N) is 8. The number of rotatable bonds is 64. The Labute approximate surface area is 526 Å². The van der Waals surface area contributed by atoms with Crippen LogP contribution < -0.4 is 42.1 Å². The number of amides is 6. The van der Waals surface area contributed by atoms with E-state index in [-0.39, 0.29) is 92.7 Å². The standard InChI is InChI=1S/C55H103N7O17S2.C3H7NO2/c63-48(23-22-46(54(69)70)61-53(68)21-12-10-8-6-4-2-1-3-5-7-9-11-15-45-81-73)57-29-16-33-74-37-41-78-42-38-76-35-18-31-59-51(66)26-27-52(67)60-32-19-36-77-40-44-79-43-39-75-34-17-30-58-50(65)25-24-49(64)56-28-14-13-20-47(62-80)55(71)72;1-3(5)2-4-6/h46-47,62,73,80H,1-45H2,(H,56,64)(H,57,63)(H,58,65)(H,59,66)(H,60,67)(H,61,68)(H,69,70)(H,71,72);4,6H,2H2,1H3. The van der Waals surface area contributed by atoms with E-state index in [4.69, 9.17) is 43.3 Å². The van der Waals surface area contributed by atoms with Gasteiger partial charge in [-0.15, -0.1) is 0 Å². The molecule has 0 aromatic heterocycles. The fraction of sp³-hybridized carbons (Fsp3) is 0.845. The van der Waals surface area contributed by atoms with Crippen molar-refractivity contribution in [3.8, 4) is 0 Å². The summed E-state index contributed by atoms with van der Waals surface area (Å²) in [6, 6.07) is -1.84. The van der Waals surface area contributed by atoms with Crippen molar-refractivity contribution in [1.29, 1.82) is 0 Å². The highest BCUT2D eigenvalue weighted by atomic mass is 32.2. The largest absolute Gasteiger partial charge is 0.480 e. The first kappa shape index (κ1) is 84.8. The SMILES string of the molecule is CC(=O)CNO.O=C(CCC(=O)NCCCOCCOCCOCCCNC(=O)CCC(=O)NCCCOCCOCCOCCCNC(=O)CCC(NC(=O)CCCCCCCCCCCCCCCSO)C(=O)O)NCCCCC(NS)C(=O)O. The molecule has 0 radical (unpaired) electrons. The fourth-order valence-corrected chi connectivity index (χ4v) is 8.41. The number of Topliss-reactive ketones (excluding diaryl/α,β-unsaturated/α-hetero) is 1. The summed E-state index contributed by atoms with van der Waals surface area (Å²) in [6.45, 7) is 8.34. The maximum absolute atomic E-state index is 12.4. The minimum absolute atomic E-state index is 0.0125. The molecule has 0 heterocycles. The van der Waals surface area contributed by atoms with E-state index in [9.17, 15) is 48.3 Å². The molecule has 29 heteroatoms. The van der Waals surface area contributed by atoms with Crippen molar-refractivity contribution in [2.24, 2.45) is 0 Å². The number of carbonyl (C=O) groups excluding carboxylic acids is 7. The predicted octanol–water partition coefficient (Wildman–Crippen LogP) is 4.42. The molecule has 0 aromatic rings. The van der Waals surface area contributed by atoms with E-state index in [0.717, 1.165) is 43.5 Å². The molecular weight excluding hydrogens is 1180 g/mol. The monoisotopic (exact) mass is 1290 g/mol. The molecule has 6 amide bonds. The second-order valence-electron chi connectivity index (χ2n) is 20.6. The van der Waals surface area contributed by atoms with Gasteiger partial charge in [0, 0.05) is 103 Å². The Hall–Kier alpha value is -4.27. The Kier molecular flexibility index (Phi) is 64.5. The van der Waals surface area contributed by atoms with E-state index in [1.54, 1.807) is 5.48 Å². The summed E-state index contributed by atoms with van der Waals surface area (Å²) in [4.78, 5) is 105. The molecule has 0 aliphatic rings. The number of hydrogen-bond donors (Lipinski definition) is 13. The molecule has 2 unspecified atom stereocenters. The molecule has 2 atom stereocenters. The molecule has 0 bridgehead atoms. The molecule has 508 valence electrons. The second kappa shape index (κ2) is 66.2. The van der Waals surface area contributed by atoms with Gasteiger partial charge in [-0.3, -0.25) is 43.1 Å². The van der Waals surface area contributed by atoms with Crippen molar-refractivity contribution in [3.05, 3.63) is 0 Å². The van der Waals surface area contributed by atoms with Gasteiger partial charge in [0.05, 0.1) is 59.4 Å². The number of ether oxygens (including phenoxy) is 6. The number of hydroxylamine groups is 1. The zero-order chi connectivity index (χ0) is 64.5. The summed E-state index contributed by atoms with van der Waals surface area (Å²) in [5, 5.41) is 42.7. The van der Waals surface area contributed by atoms with Gasteiger partial charge >= 0.3 is 11.9 Å².